The number of urea groups is 1. The van der Waals surface area contributed by atoms with Crippen molar-refractivity contribution < 1.29 is 9.59 Å². The van der Waals surface area contributed by atoms with Gasteiger partial charge in [0.15, 0.2) is 0 Å². The van der Waals surface area contributed by atoms with Crippen LogP contribution in [-0.2, 0) is 4.79 Å². The molecule has 2 amide bonds. The number of aldehydes is 1. The number of carbonyl (C=O) groups is 2. The smallest absolute Gasteiger partial charge is 0.304 e. The highest BCUT2D eigenvalue weighted by Gasteiger charge is 2.13. The lowest BCUT2D eigenvalue weighted by molar-refractivity contribution is -0.104. The lowest BCUT2D eigenvalue weighted by atomic mass is 10.0. The van der Waals surface area contributed by atoms with Gasteiger partial charge in [-0.3, -0.25) is 9.69 Å². The average molecular weight is 260 g/mol. The van der Waals surface area contributed by atoms with Crippen LogP contribution in [0.5, 0.6) is 0 Å². The SMILES string of the molecule is CC(C)c1ccc(N(C)C(=O)N(C)/C=C\C=O)cc1. The molecule has 0 N–H and O–H groups in total. The third-order valence-electron chi connectivity index (χ3n) is 2.92. The molecule has 0 fully saturated rings. The Kier molecular flexibility index (Phi) is 5.30. The Morgan fingerprint density at radius 1 is 1.16 bits per heavy atom. The summed E-state index contributed by atoms with van der Waals surface area (Å²) in [6, 6.07) is 7.68. The average Bonchev–Trinajstić information content (AvgIpc) is 2.43. The van der Waals surface area contributed by atoms with E-state index in [0.29, 0.717) is 12.2 Å². The molecule has 1 aromatic carbocycles. The largest absolute Gasteiger partial charge is 0.327 e. The molecule has 0 saturated carbocycles. The second kappa shape index (κ2) is 6.73. The van der Waals surface area contributed by atoms with E-state index in [2.05, 4.69) is 13.8 Å². The van der Waals surface area contributed by atoms with Crippen LogP contribution >= 0.6 is 0 Å². The number of rotatable bonds is 4. The summed E-state index contributed by atoms with van der Waals surface area (Å²) in [5.74, 6) is 0.466. The zero-order valence-electron chi connectivity index (χ0n) is 11.8. The molecule has 0 aliphatic carbocycles. The summed E-state index contributed by atoms with van der Waals surface area (Å²) in [4.78, 5) is 25.2. The Hall–Kier alpha value is -2.10. The summed E-state index contributed by atoms with van der Waals surface area (Å²) >= 11 is 0. The molecule has 4 nitrogen and oxygen atoms in total. The van der Waals surface area contributed by atoms with Crippen molar-refractivity contribution in [2.45, 2.75) is 19.8 Å². The van der Waals surface area contributed by atoms with E-state index in [9.17, 15) is 9.59 Å². The molecular weight excluding hydrogens is 240 g/mol. The number of carbonyl (C=O) groups excluding carboxylic acids is 2. The predicted octanol–water partition coefficient (Wildman–Crippen LogP) is 3.01. The number of anilines is 1. The van der Waals surface area contributed by atoms with Gasteiger partial charge in [0.2, 0.25) is 0 Å². The number of hydrogen-bond acceptors (Lipinski definition) is 2. The third kappa shape index (κ3) is 3.95. The first-order valence-electron chi connectivity index (χ1n) is 6.19. The molecule has 0 unspecified atom stereocenters. The van der Waals surface area contributed by atoms with Gasteiger partial charge < -0.3 is 4.90 Å². The molecular formula is C15H20N2O2. The molecule has 1 rings (SSSR count). The summed E-state index contributed by atoms with van der Waals surface area (Å²) in [7, 11) is 3.32. The van der Waals surface area contributed by atoms with E-state index in [1.54, 1.807) is 19.0 Å². The summed E-state index contributed by atoms with van der Waals surface area (Å²) in [5, 5.41) is 0. The minimum Gasteiger partial charge on any atom is -0.304 e. The minimum absolute atomic E-state index is 0.199. The van der Waals surface area contributed by atoms with E-state index in [0.717, 1.165) is 5.69 Å². The maximum atomic E-state index is 12.1. The second-order valence-electron chi connectivity index (χ2n) is 4.68. The fraction of sp³-hybridized carbons (Fsp3) is 0.333. The molecule has 1 aromatic rings. The van der Waals surface area contributed by atoms with Crippen molar-refractivity contribution in [3.05, 3.63) is 42.1 Å². The lowest BCUT2D eigenvalue weighted by Crippen LogP contribution is -2.35. The van der Waals surface area contributed by atoms with Gasteiger partial charge in [-0.15, -0.1) is 0 Å². The van der Waals surface area contributed by atoms with Crippen molar-refractivity contribution in [3.8, 4) is 0 Å². The van der Waals surface area contributed by atoms with Crippen LogP contribution in [0.4, 0.5) is 10.5 Å². The van der Waals surface area contributed by atoms with Gasteiger partial charge in [0, 0.05) is 26.0 Å². The summed E-state index contributed by atoms with van der Waals surface area (Å²) in [6.07, 6.45) is 3.36. The standard InChI is InChI=1S/C15H20N2O2/c1-12(2)13-6-8-14(9-7-13)17(4)15(19)16(3)10-5-11-18/h5-12H,1-4H3/b10-5-. The molecule has 102 valence electrons. The highest BCUT2D eigenvalue weighted by atomic mass is 16.2. The van der Waals surface area contributed by atoms with E-state index < -0.39 is 0 Å². The Morgan fingerprint density at radius 3 is 2.21 bits per heavy atom. The maximum absolute atomic E-state index is 12.1. The first kappa shape index (κ1) is 15.0. The van der Waals surface area contributed by atoms with Gasteiger partial charge in [-0.2, -0.15) is 0 Å². The van der Waals surface area contributed by atoms with E-state index in [1.165, 1.54) is 22.7 Å². The predicted molar refractivity (Wildman–Crippen MR) is 77.3 cm³/mol. The first-order chi connectivity index (χ1) is 8.97. The molecule has 0 aromatic heterocycles. The van der Waals surface area contributed by atoms with Crippen molar-refractivity contribution in [1.29, 1.82) is 0 Å². The highest BCUT2D eigenvalue weighted by Crippen LogP contribution is 2.19. The minimum atomic E-state index is -0.199. The number of amides is 2. The molecule has 0 aliphatic rings. The molecule has 0 aliphatic heterocycles. The fourth-order valence-corrected chi connectivity index (χ4v) is 1.66. The van der Waals surface area contributed by atoms with Crippen LogP contribution in [0.3, 0.4) is 0 Å². The maximum Gasteiger partial charge on any atom is 0.327 e. The number of hydrogen-bond donors (Lipinski definition) is 0. The van der Waals surface area contributed by atoms with Gasteiger partial charge >= 0.3 is 6.03 Å². The van der Waals surface area contributed by atoms with Crippen LogP contribution in [-0.4, -0.2) is 31.3 Å². The molecule has 0 bridgehead atoms. The van der Waals surface area contributed by atoms with E-state index in [4.69, 9.17) is 0 Å². The quantitative estimate of drug-likeness (QED) is 0.616. The zero-order valence-corrected chi connectivity index (χ0v) is 11.8. The molecule has 0 saturated heterocycles. The lowest BCUT2D eigenvalue weighted by Gasteiger charge is -2.22. The van der Waals surface area contributed by atoms with Gasteiger partial charge in [0.05, 0.1) is 0 Å². The fourth-order valence-electron chi connectivity index (χ4n) is 1.66. The number of nitrogens with zero attached hydrogens (tertiary/aromatic N) is 2. The van der Waals surface area contributed by atoms with Crippen molar-refractivity contribution in [2.24, 2.45) is 0 Å². The summed E-state index contributed by atoms with van der Waals surface area (Å²) in [6.45, 7) is 4.25. The third-order valence-corrected chi connectivity index (χ3v) is 2.92. The Labute approximate surface area is 114 Å². The van der Waals surface area contributed by atoms with Crippen LogP contribution in [0.2, 0.25) is 0 Å². The van der Waals surface area contributed by atoms with Gasteiger partial charge in [-0.25, -0.2) is 4.79 Å². The number of benzene rings is 1. The van der Waals surface area contributed by atoms with E-state index >= 15 is 0 Å². The molecule has 0 heterocycles. The highest BCUT2D eigenvalue weighted by molar-refractivity contribution is 5.92. The van der Waals surface area contributed by atoms with Gasteiger partial charge in [0.1, 0.15) is 6.29 Å². The number of allylic oxidation sites excluding steroid dienone is 1. The van der Waals surface area contributed by atoms with Crippen LogP contribution in [0.25, 0.3) is 0 Å². The zero-order chi connectivity index (χ0) is 14.4. The second-order valence-corrected chi connectivity index (χ2v) is 4.68. The molecule has 4 heteroatoms. The summed E-state index contributed by atoms with van der Waals surface area (Å²) in [5.41, 5.74) is 2.06. The molecule has 0 spiro atoms. The van der Waals surface area contributed by atoms with Crippen molar-refractivity contribution in [3.63, 3.8) is 0 Å². The van der Waals surface area contributed by atoms with Crippen molar-refractivity contribution in [2.75, 3.05) is 19.0 Å². The molecule has 19 heavy (non-hydrogen) atoms. The summed E-state index contributed by atoms with van der Waals surface area (Å²) < 4.78 is 0. The van der Waals surface area contributed by atoms with Crippen LogP contribution in [0.1, 0.15) is 25.3 Å². The molecule has 0 radical (unpaired) electrons. The topological polar surface area (TPSA) is 40.6 Å². The normalized spacial score (nSPS) is 10.8. The molecule has 0 atom stereocenters. The van der Waals surface area contributed by atoms with E-state index in [1.807, 2.05) is 24.3 Å². The van der Waals surface area contributed by atoms with Crippen molar-refractivity contribution in [1.82, 2.24) is 4.90 Å². The van der Waals surface area contributed by atoms with Crippen LogP contribution in [0.15, 0.2) is 36.5 Å². The van der Waals surface area contributed by atoms with Gasteiger partial charge in [-0.05, 0) is 29.7 Å². The Balaban J connectivity index is 2.81. The Morgan fingerprint density at radius 2 is 1.74 bits per heavy atom. The van der Waals surface area contributed by atoms with Gasteiger partial charge in [-0.1, -0.05) is 26.0 Å². The van der Waals surface area contributed by atoms with E-state index in [-0.39, 0.29) is 6.03 Å². The van der Waals surface area contributed by atoms with Gasteiger partial charge in [0.25, 0.3) is 0 Å². The Bertz CT molecular complexity index is 464. The van der Waals surface area contributed by atoms with Crippen LogP contribution < -0.4 is 4.90 Å². The van der Waals surface area contributed by atoms with Crippen LogP contribution in [0, 0.1) is 0 Å². The monoisotopic (exact) mass is 260 g/mol. The first-order valence-corrected chi connectivity index (χ1v) is 6.19. The van der Waals surface area contributed by atoms with Crippen molar-refractivity contribution >= 4 is 18.0 Å².